The van der Waals surface area contributed by atoms with Crippen LogP contribution in [-0.2, 0) is 4.79 Å². The number of carboxylic acid groups (broad SMARTS) is 1. The molecular formula is C19H20N2O3S. The lowest BCUT2D eigenvalue weighted by Gasteiger charge is -2.16. The molecule has 0 bridgehead atoms. The number of aryl methyl sites for hydroxylation is 3. The molecule has 1 N–H and O–H groups in total. The molecule has 0 aliphatic rings. The first-order chi connectivity index (χ1) is 11.8. The lowest BCUT2D eigenvalue weighted by Crippen LogP contribution is -2.32. The minimum Gasteiger partial charge on any atom is -0.480 e. The van der Waals surface area contributed by atoms with Crippen molar-refractivity contribution in [3.63, 3.8) is 0 Å². The second kappa shape index (κ2) is 6.44. The molecule has 1 unspecified atom stereocenters. The van der Waals surface area contributed by atoms with Crippen LogP contribution in [0.4, 0.5) is 0 Å². The Morgan fingerprint density at radius 2 is 2.00 bits per heavy atom. The summed E-state index contributed by atoms with van der Waals surface area (Å²) in [5.41, 5.74) is 3.76. The van der Waals surface area contributed by atoms with E-state index in [0.29, 0.717) is 22.5 Å². The zero-order valence-corrected chi connectivity index (χ0v) is 15.5. The monoisotopic (exact) mass is 356 g/mol. The van der Waals surface area contributed by atoms with Gasteiger partial charge in [-0.05, 0) is 38.3 Å². The molecule has 2 heterocycles. The Bertz CT molecular complexity index is 1030. The Kier molecular flexibility index (Phi) is 4.47. The van der Waals surface area contributed by atoms with Crippen molar-refractivity contribution in [2.75, 3.05) is 0 Å². The molecule has 0 amide bonds. The Hall–Kier alpha value is -2.47. The number of hydrogen-bond acceptors (Lipinski definition) is 4. The Labute approximate surface area is 149 Å². The third-order valence-corrected chi connectivity index (χ3v) is 5.34. The molecule has 0 saturated heterocycles. The van der Waals surface area contributed by atoms with Crippen molar-refractivity contribution in [3.05, 3.63) is 50.9 Å². The highest BCUT2D eigenvalue weighted by molar-refractivity contribution is 7.17. The van der Waals surface area contributed by atoms with E-state index in [-0.39, 0.29) is 5.56 Å². The normalized spacial score (nSPS) is 12.5. The summed E-state index contributed by atoms with van der Waals surface area (Å²) in [7, 11) is 0. The maximum Gasteiger partial charge on any atom is 0.326 e. The zero-order chi connectivity index (χ0) is 18.3. The molecule has 6 heteroatoms. The van der Waals surface area contributed by atoms with Crippen LogP contribution < -0.4 is 5.56 Å². The highest BCUT2D eigenvalue weighted by Gasteiger charge is 2.24. The number of rotatable bonds is 4. The van der Waals surface area contributed by atoms with Crippen molar-refractivity contribution in [2.24, 2.45) is 0 Å². The van der Waals surface area contributed by atoms with Gasteiger partial charge in [0.1, 0.15) is 16.7 Å². The van der Waals surface area contributed by atoms with Gasteiger partial charge in [0, 0.05) is 10.9 Å². The van der Waals surface area contributed by atoms with Crippen molar-refractivity contribution < 1.29 is 9.90 Å². The number of benzene rings is 1. The second-order valence-corrected chi connectivity index (χ2v) is 7.10. The summed E-state index contributed by atoms with van der Waals surface area (Å²) in [6.07, 6.45) is 0.326. The van der Waals surface area contributed by atoms with Gasteiger partial charge in [-0.15, -0.1) is 11.3 Å². The highest BCUT2D eigenvalue weighted by Crippen LogP contribution is 2.33. The Morgan fingerprint density at radius 3 is 2.60 bits per heavy atom. The number of aromatic nitrogens is 2. The average Bonchev–Trinajstić information content (AvgIpc) is 2.94. The molecule has 2 aromatic heterocycles. The van der Waals surface area contributed by atoms with E-state index in [9.17, 15) is 14.7 Å². The highest BCUT2D eigenvalue weighted by atomic mass is 32.1. The molecule has 0 saturated carbocycles. The Morgan fingerprint density at radius 1 is 1.28 bits per heavy atom. The molecule has 0 radical (unpaired) electrons. The fourth-order valence-corrected chi connectivity index (χ4v) is 4.23. The third kappa shape index (κ3) is 2.87. The van der Waals surface area contributed by atoms with Crippen molar-refractivity contribution in [1.82, 2.24) is 9.55 Å². The van der Waals surface area contributed by atoms with Gasteiger partial charge in [0.05, 0.1) is 5.39 Å². The van der Waals surface area contributed by atoms with Gasteiger partial charge < -0.3 is 5.11 Å². The SMILES string of the molecule is CCC(C(=O)O)n1c(C)nc2scc(-c3ccc(C)cc3C)c2c1=O. The quantitative estimate of drug-likeness (QED) is 0.764. The van der Waals surface area contributed by atoms with Crippen molar-refractivity contribution in [3.8, 4) is 11.1 Å². The van der Waals surface area contributed by atoms with E-state index in [0.717, 1.165) is 22.3 Å². The number of carbonyl (C=O) groups is 1. The van der Waals surface area contributed by atoms with Crippen molar-refractivity contribution >= 4 is 27.5 Å². The first-order valence-corrected chi connectivity index (χ1v) is 9.03. The van der Waals surface area contributed by atoms with Crippen LogP contribution >= 0.6 is 11.3 Å². The lowest BCUT2D eigenvalue weighted by atomic mass is 9.99. The van der Waals surface area contributed by atoms with E-state index in [4.69, 9.17) is 0 Å². The maximum absolute atomic E-state index is 13.2. The lowest BCUT2D eigenvalue weighted by molar-refractivity contribution is -0.141. The zero-order valence-electron chi connectivity index (χ0n) is 14.7. The number of nitrogens with zero attached hydrogens (tertiary/aromatic N) is 2. The molecule has 25 heavy (non-hydrogen) atoms. The summed E-state index contributed by atoms with van der Waals surface area (Å²) in [6.45, 7) is 7.48. The smallest absolute Gasteiger partial charge is 0.326 e. The van der Waals surface area contributed by atoms with Crippen LogP contribution in [0.2, 0.25) is 0 Å². The van der Waals surface area contributed by atoms with E-state index < -0.39 is 12.0 Å². The van der Waals surface area contributed by atoms with Crippen LogP contribution in [-0.4, -0.2) is 20.6 Å². The predicted molar refractivity (Wildman–Crippen MR) is 100 cm³/mol. The first-order valence-electron chi connectivity index (χ1n) is 8.16. The first kappa shape index (κ1) is 17.4. The van der Waals surface area contributed by atoms with E-state index >= 15 is 0 Å². The Balaban J connectivity index is 2.34. The van der Waals surface area contributed by atoms with Crippen LogP contribution in [0.5, 0.6) is 0 Å². The molecule has 0 spiro atoms. The van der Waals surface area contributed by atoms with Crippen LogP contribution in [0.3, 0.4) is 0 Å². The summed E-state index contributed by atoms with van der Waals surface area (Å²) in [6, 6.07) is 5.18. The number of carboxylic acids is 1. The molecule has 0 aliphatic heterocycles. The summed E-state index contributed by atoms with van der Waals surface area (Å²) in [4.78, 5) is 29.9. The van der Waals surface area contributed by atoms with E-state index in [1.807, 2.05) is 31.4 Å². The molecule has 5 nitrogen and oxygen atoms in total. The molecule has 130 valence electrons. The predicted octanol–water partition coefficient (Wildman–Crippen LogP) is 4.09. The third-order valence-electron chi connectivity index (χ3n) is 4.47. The minimum atomic E-state index is -1.02. The van der Waals surface area contributed by atoms with Gasteiger partial charge >= 0.3 is 5.97 Å². The van der Waals surface area contributed by atoms with Crippen LogP contribution in [0, 0.1) is 20.8 Å². The van der Waals surface area contributed by atoms with Gasteiger partial charge in [0.15, 0.2) is 0 Å². The van der Waals surface area contributed by atoms with Gasteiger partial charge in [0.25, 0.3) is 5.56 Å². The van der Waals surface area contributed by atoms with Crippen molar-refractivity contribution in [1.29, 1.82) is 0 Å². The van der Waals surface area contributed by atoms with Crippen molar-refractivity contribution in [2.45, 2.75) is 40.2 Å². The number of hydrogen-bond donors (Lipinski definition) is 1. The molecule has 3 rings (SSSR count). The average molecular weight is 356 g/mol. The standard InChI is InChI=1S/C19H20N2O3S/c1-5-15(19(23)24)21-12(4)20-17-16(18(21)22)14(9-25-17)13-7-6-10(2)8-11(13)3/h6-9,15H,5H2,1-4H3,(H,23,24). The summed E-state index contributed by atoms with van der Waals surface area (Å²) < 4.78 is 1.31. The molecule has 0 fully saturated rings. The van der Waals surface area contributed by atoms with E-state index in [1.54, 1.807) is 13.8 Å². The minimum absolute atomic E-state index is 0.284. The summed E-state index contributed by atoms with van der Waals surface area (Å²) in [5.74, 6) is -0.585. The van der Waals surface area contributed by atoms with Gasteiger partial charge in [-0.1, -0.05) is 30.7 Å². The molecule has 1 atom stereocenters. The van der Waals surface area contributed by atoms with Gasteiger partial charge in [0.2, 0.25) is 0 Å². The van der Waals surface area contributed by atoms with Gasteiger partial charge in [-0.2, -0.15) is 0 Å². The van der Waals surface area contributed by atoms with E-state index in [2.05, 4.69) is 11.1 Å². The van der Waals surface area contributed by atoms with Gasteiger partial charge in [-0.3, -0.25) is 9.36 Å². The fourth-order valence-electron chi connectivity index (χ4n) is 3.25. The second-order valence-electron chi connectivity index (χ2n) is 6.24. The molecule has 3 aromatic rings. The van der Waals surface area contributed by atoms with Crippen LogP contribution in [0.1, 0.15) is 36.3 Å². The summed E-state index contributed by atoms with van der Waals surface area (Å²) >= 11 is 1.41. The number of fused-ring (bicyclic) bond motifs is 1. The number of aliphatic carboxylic acids is 1. The summed E-state index contributed by atoms with van der Waals surface area (Å²) in [5, 5.41) is 11.9. The van der Waals surface area contributed by atoms with Crippen LogP contribution in [0.15, 0.2) is 28.4 Å². The topological polar surface area (TPSA) is 72.2 Å². The van der Waals surface area contributed by atoms with Gasteiger partial charge in [-0.25, -0.2) is 9.78 Å². The maximum atomic E-state index is 13.2. The molecule has 0 aliphatic carbocycles. The largest absolute Gasteiger partial charge is 0.480 e. The fraction of sp³-hybridized carbons (Fsp3) is 0.316. The number of thiophene rings is 1. The molecular weight excluding hydrogens is 336 g/mol. The van der Waals surface area contributed by atoms with E-state index in [1.165, 1.54) is 15.9 Å². The molecule has 1 aromatic carbocycles. The van der Waals surface area contributed by atoms with Crippen LogP contribution in [0.25, 0.3) is 21.3 Å².